The zero-order chi connectivity index (χ0) is 8.24. The molecule has 0 N–H and O–H groups in total. The van der Waals surface area contributed by atoms with Crippen molar-refractivity contribution in [3.8, 4) is 0 Å². The molecule has 0 saturated heterocycles. The van der Waals surface area contributed by atoms with Gasteiger partial charge in [0.25, 0.3) is 0 Å². The van der Waals surface area contributed by atoms with Crippen molar-refractivity contribution in [1.82, 2.24) is 0 Å². The maximum atomic E-state index is 5.38. The van der Waals surface area contributed by atoms with E-state index in [2.05, 4.69) is 6.92 Å². The van der Waals surface area contributed by atoms with Crippen molar-refractivity contribution in [3.63, 3.8) is 0 Å². The Hall–Kier alpha value is 0.0300. The van der Waals surface area contributed by atoms with E-state index in [4.69, 9.17) is 11.6 Å². The van der Waals surface area contributed by atoms with E-state index in [1.165, 1.54) is 19.3 Å². The molecule has 0 aliphatic rings. The van der Waals surface area contributed by atoms with E-state index in [0.29, 0.717) is 0 Å². The zero-order valence-electron chi connectivity index (χ0n) is 7.36. The predicted molar refractivity (Wildman–Crippen MR) is 50.7 cm³/mol. The largest absolute Gasteiger partial charge is 0.127 e. The Bertz CT molecular complexity index is 49.7. The van der Waals surface area contributed by atoms with E-state index in [9.17, 15) is 0 Å². The van der Waals surface area contributed by atoms with E-state index in [1.54, 1.807) is 0 Å². The van der Waals surface area contributed by atoms with Crippen LogP contribution in [0.3, 0.4) is 0 Å². The van der Waals surface area contributed by atoms with Crippen LogP contribution in [0.1, 0.15) is 40.0 Å². The molecule has 10 heavy (non-hydrogen) atoms. The van der Waals surface area contributed by atoms with Crippen LogP contribution < -0.4 is 0 Å². The molecule has 0 amide bonds. The molecule has 0 bridgehead atoms. The molecule has 0 aromatic rings. The van der Waals surface area contributed by atoms with Crippen molar-refractivity contribution in [1.29, 1.82) is 0 Å². The molecule has 1 heteroatoms. The fourth-order valence-electron chi connectivity index (χ4n) is 0.344. The van der Waals surface area contributed by atoms with Crippen LogP contribution in [0.15, 0.2) is 12.2 Å². The van der Waals surface area contributed by atoms with Crippen LogP contribution in [0, 0.1) is 0 Å². The summed E-state index contributed by atoms with van der Waals surface area (Å²) in [5, 5.41) is 0. The third-order valence-electron chi connectivity index (χ3n) is 1.07. The molecule has 0 fully saturated rings. The number of unbranched alkanes of at least 4 members (excludes halogenated alkanes) is 2. The van der Waals surface area contributed by atoms with E-state index in [0.717, 1.165) is 5.88 Å². The minimum absolute atomic E-state index is 0.827. The lowest BCUT2D eigenvalue weighted by atomic mass is 10.3. The molecule has 0 rings (SSSR count). The lowest BCUT2D eigenvalue weighted by Crippen LogP contribution is -1.70. The lowest BCUT2D eigenvalue weighted by molar-refractivity contribution is 0.776. The number of hydrogen-bond donors (Lipinski definition) is 0. The van der Waals surface area contributed by atoms with Crippen LogP contribution in [0.25, 0.3) is 0 Å². The van der Waals surface area contributed by atoms with Crippen LogP contribution in [0.2, 0.25) is 0 Å². The smallest absolute Gasteiger partial charge is 0.0223 e. The molecule has 0 aliphatic heterocycles. The topological polar surface area (TPSA) is 0 Å². The van der Waals surface area contributed by atoms with Crippen LogP contribution >= 0.6 is 11.6 Å². The van der Waals surface area contributed by atoms with Gasteiger partial charge in [-0.1, -0.05) is 31.9 Å². The summed E-state index contributed by atoms with van der Waals surface area (Å²) < 4.78 is 0. The van der Waals surface area contributed by atoms with Crippen LogP contribution in [0.4, 0.5) is 0 Å². The Morgan fingerprint density at radius 1 is 1.10 bits per heavy atom. The number of allylic oxidation sites excluding steroid dienone is 2. The molecule has 0 aliphatic carbocycles. The first kappa shape index (κ1) is 12.7. The average molecular weight is 163 g/mol. The van der Waals surface area contributed by atoms with Gasteiger partial charge >= 0.3 is 0 Å². The minimum Gasteiger partial charge on any atom is -0.127 e. The maximum Gasteiger partial charge on any atom is 0.0223 e. The minimum atomic E-state index is 0.827. The summed E-state index contributed by atoms with van der Waals surface area (Å²) in [6.45, 7) is 6.17. The Morgan fingerprint density at radius 3 is 1.70 bits per heavy atom. The summed E-state index contributed by atoms with van der Waals surface area (Å²) in [6.07, 6.45) is 7.73. The van der Waals surface area contributed by atoms with Gasteiger partial charge in [0.05, 0.1) is 0 Å². The highest BCUT2D eigenvalue weighted by atomic mass is 35.5. The van der Waals surface area contributed by atoms with Gasteiger partial charge in [-0.3, -0.25) is 0 Å². The van der Waals surface area contributed by atoms with Crippen LogP contribution in [-0.2, 0) is 0 Å². The summed E-state index contributed by atoms with van der Waals surface area (Å²) in [7, 11) is 0. The molecule has 0 unspecified atom stereocenters. The molecule has 0 atom stereocenters. The summed E-state index contributed by atoms with van der Waals surface area (Å²) in [5.41, 5.74) is 0. The van der Waals surface area contributed by atoms with Gasteiger partial charge in [-0.25, -0.2) is 0 Å². The quantitative estimate of drug-likeness (QED) is 0.334. The van der Waals surface area contributed by atoms with Crippen molar-refractivity contribution >= 4 is 11.6 Å². The Labute approximate surface area is 70.3 Å². The first-order chi connectivity index (χ1) is 4.83. The van der Waals surface area contributed by atoms with Crippen molar-refractivity contribution in [2.45, 2.75) is 40.0 Å². The maximum absolute atomic E-state index is 5.38. The first-order valence-corrected chi connectivity index (χ1v) is 4.50. The monoisotopic (exact) mass is 162 g/mol. The second-order valence-corrected chi connectivity index (χ2v) is 2.44. The molecular formula is C9H19Cl. The molecule has 0 heterocycles. The molecule has 0 radical (unpaired) electrons. The first-order valence-electron chi connectivity index (χ1n) is 3.96. The molecule has 0 saturated carbocycles. The normalized spacial score (nSPS) is 9.20. The predicted octanol–water partition coefficient (Wildman–Crippen LogP) is 4.00. The van der Waals surface area contributed by atoms with E-state index < -0.39 is 0 Å². The molecule has 0 spiro atoms. The van der Waals surface area contributed by atoms with Crippen molar-refractivity contribution in [2.24, 2.45) is 0 Å². The Morgan fingerprint density at radius 2 is 1.60 bits per heavy atom. The second kappa shape index (κ2) is 16.0. The highest BCUT2D eigenvalue weighted by Crippen LogP contribution is 1.93. The van der Waals surface area contributed by atoms with Gasteiger partial charge in [0.2, 0.25) is 0 Å². The summed E-state index contributed by atoms with van der Waals surface area (Å²) in [5.74, 6) is 0.827. The SMILES string of the molecule is C/C=C\C.CCCCCCl. The standard InChI is InChI=1S/C5H11Cl.C4H8/c1-2-3-4-5-6;1-3-4-2/h2-5H2,1H3;3-4H,1-2H3/b;4-3-. The number of hydrogen-bond acceptors (Lipinski definition) is 0. The fourth-order valence-corrected chi connectivity index (χ4v) is 0.533. The third-order valence-corrected chi connectivity index (χ3v) is 1.34. The van der Waals surface area contributed by atoms with Crippen molar-refractivity contribution < 1.29 is 0 Å². The van der Waals surface area contributed by atoms with Gasteiger partial charge in [-0.15, -0.1) is 11.6 Å². The highest BCUT2D eigenvalue weighted by molar-refractivity contribution is 6.17. The van der Waals surface area contributed by atoms with Gasteiger partial charge in [-0.2, -0.15) is 0 Å². The van der Waals surface area contributed by atoms with E-state index in [-0.39, 0.29) is 0 Å². The van der Waals surface area contributed by atoms with Gasteiger partial charge in [0.15, 0.2) is 0 Å². The van der Waals surface area contributed by atoms with Crippen molar-refractivity contribution in [3.05, 3.63) is 12.2 Å². The second-order valence-electron chi connectivity index (χ2n) is 2.06. The third kappa shape index (κ3) is 24.4. The highest BCUT2D eigenvalue weighted by Gasteiger charge is 1.76. The molecule has 0 nitrogen and oxygen atoms in total. The molecule has 0 aromatic heterocycles. The molecule has 0 aromatic carbocycles. The van der Waals surface area contributed by atoms with Crippen LogP contribution in [-0.4, -0.2) is 5.88 Å². The summed E-state index contributed by atoms with van der Waals surface area (Å²) >= 11 is 5.38. The number of halogens is 1. The van der Waals surface area contributed by atoms with Crippen molar-refractivity contribution in [2.75, 3.05) is 5.88 Å². The fraction of sp³-hybridized carbons (Fsp3) is 0.778. The Kier molecular flexibility index (Phi) is 20.3. The average Bonchev–Trinajstić information content (AvgIpc) is 2.01. The van der Waals surface area contributed by atoms with Gasteiger partial charge < -0.3 is 0 Å². The molecule has 62 valence electrons. The van der Waals surface area contributed by atoms with Gasteiger partial charge in [0.1, 0.15) is 0 Å². The zero-order valence-corrected chi connectivity index (χ0v) is 8.12. The lowest BCUT2D eigenvalue weighted by Gasteiger charge is -1.84. The van der Waals surface area contributed by atoms with Crippen LogP contribution in [0.5, 0.6) is 0 Å². The Balaban J connectivity index is 0. The van der Waals surface area contributed by atoms with E-state index in [1.807, 2.05) is 26.0 Å². The number of rotatable bonds is 3. The van der Waals surface area contributed by atoms with Gasteiger partial charge in [0, 0.05) is 5.88 Å². The number of alkyl halides is 1. The molecular weight excluding hydrogens is 144 g/mol. The van der Waals surface area contributed by atoms with Gasteiger partial charge in [-0.05, 0) is 20.3 Å². The van der Waals surface area contributed by atoms with E-state index >= 15 is 0 Å². The summed E-state index contributed by atoms with van der Waals surface area (Å²) in [6, 6.07) is 0. The summed E-state index contributed by atoms with van der Waals surface area (Å²) in [4.78, 5) is 0.